The number of sulfonamides is 1. The molecule has 0 unspecified atom stereocenters. The normalized spacial score (nSPS) is 14.8. The third-order valence-electron chi connectivity index (χ3n) is 5.99. The summed E-state index contributed by atoms with van der Waals surface area (Å²) in [6, 6.07) is 13.0. The molecule has 2 aromatic heterocycles. The minimum atomic E-state index is -4.05. The monoisotopic (exact) mass is 510 g/mol. The summed E-state index contributed by atoms with van der Waals surface area (Å²) in [4.78, 5) is 15.8. The fourth-order valence-corrected chi connectivity index (χ4v) is 5.63. The lowest BCUT2D eigenvalue weighted by Gasteiger charge is -2.23. The van der Waals surface area contributed by atoms with Gasteiger partial charge in [0.15, 0.2) is 23.0 Å². The van der Waals surface area contributed by atoms with E-state index in [1.54, 1.807) is 36.4 Å². The van der Waals surface area contributed by atoms with Crippen LogP contribution in [-0.2, 0) is 23.1 Å². The van der Waals surface area contributed by atoms with E-state index in [-0.39, 0.29) is 23.5 Å². The molecule has 186 valence electrons. The molecule has 36 heavy (non-hydrogen) atoms. The molecular weight excluding hydrogens is 488 g/mol. The molecule has 4 heterocycles. The van der Waals surface area contributed by atoms with Crippen molar-refractivity contribution in [3.8, 4) is 23.0 Å². The van der Waals surface area contributed by atoms with Crippen LogP contribution in [0.1, 0.15) is 11.3 Å². The Balaban J connectivity index is 1.39. The minimum Gasteiger partial charge on any atom is -0.486 e. The number of pyridine rings is 1. The number of aromatic amines is 1. The predicted molar refractivity (Wildman–Crippen MR) is 128 cm³/mol. The molecule has 0 aliphatic carbocycles. The number of furan rings is 1. The van der Waals surface area contributed by atoms with Crippen LogP contribution in [0.2, 0.25) is 0 Å². The molecule has 4 aromatic rings. The van der Waals surface area contributed by atoms with E-state index in [2.05, 4.69) is 4.98 Å². The smallest absolute Gasteiger partial charge is 0.252 e. The van der Waals surface area contributed by atoms with Crippen LogP contribution in [0.25, 0.3) is 10.9 Å². The standard InChI is InChI=1S/C25H22N2O8S/c28-25-17(10-16-11-22-24(13-20(16)26-25)35-9-8-33-22)14-27(15-18-2-1-5-31-18)36(29,30)19-3-4-21-23(12-19)34-7-6-32-21/h1-5,10-13H,6-9,14-15H2,(H,26,28). The van der Waals surface area contributed by atoms with Crippen LogP contribution in [0.15, 0.2) is 68.9 Å². The Morgan fingerprint density at radius 2 is 1.50 bits per heavy atom. The highest BCUT2D eigenvalue weighted by molar-refractivity contribution is 7.89. The van der Waals surface area contributed by atoms with Crippen molar-refractivity contribution in [2.24, 2.45) is 0 Å². The van der Waals surface area contributed by atoms with Crippen molar-refractivity contribution in [2.45, 2.75) is 18.0 Å². The van der Waals surface area contributed by atoms with Crippen molar-refractivity contribution in [1.82, 2.24) is 9.29 Å². The summed E-state index contributed by atoms with van der Waals surface area (Å²) in [6.07, 6.45) is 1.47. The summed E-state index contributed by atoms with van der Waals surface area (Å²) in [5.74, 6) is 2.41. The Hall–Kier alpha value is -3.96. The molecule has 0 fully saturated rings. The fourth-order valence-electron chi connectivity index (χ4n) is 4.23. The zero-order chi connectivity index (χ0) is 24.7. The SMILES string of the molecule is O=c1[nH]c2cc3c(cc2cc1CN(Cc1ccco1)S(=O)(=O)c1ccc2c(c1)OCCO2)OCCO3. The topological polar surface area (TPSA) is 120 Å². The van der Waals surface area contributed by atoms with Gasteiger partial charge in [0, 0.05) is 29.6 Å². The second-order valence-electron chi connectivity index (χ2n) is 8.36. The molecule has 0 radical (unpaired) electrons. The van der Waals surface area contributed by atoms with E-state index in [4.69, 9.17) is 23.4 Å². The van der Waals surface area contributed by atoms with Gasteiger partial charge in [-0.3, -0.25) is 4.79 Å². The zero-order valence-electron chi connectivity index (χ0n) is 19.1. The van der Waals surface area contributed by atoms with Gasteiger partial charge in [-0.2, -0.15) is 4.31 Å². The van der Waals surface area contributed by atoms with Crippen LogP contribution in [0.3, 0.4) is 0 Å². The van der Waals surface area contributed by atoms with E-state index in [1.165, 1.54) is 22.7 Å². The molecule has 1 N–H and O–H groups in total. The first-order chi connectivity index (χ1) is 17.5. The molecule has 11 heteroatoms. The average Bonchev–Trinajstić information content (AvgIpc) is 3.40. The summed E-state index contributed by atoms with van der Waals surface area (Å²) < 4.78 is 56.5. The summed E-state index contributed by atoms with van der Waals surface area (Å²) in [6.45, 7) is 1.34. The molecular formula is C25H22N2O8S. The van der Waals surface area contributed by atoms with Crippen molar-refractivity contribution in [3.63, 3.8) is 0 Å². The highest BCUT2D eigenvalue weighted by Gasteiger charge is 2.29. The molecule has 2 aromatic carbocycles. The Kier molecular flexibility index (Phi) is 5.57. The van der Waals surface area contributed by atoms with Crippen molar-refractivity contribution in [2.75, 3.05) is 26.4 Å². The van der Waals surface area contributed by atoms with E-state index >= 15 is 0 Å². The molecule has 0 bridgehead atoms. The lowest BCUT2D eigenvalue weighted by atomic mass is 10.1. The maximum Gasteiger partial charge on any atom is 0.252 e. The Morgan fingerprint density at radius 1 is 0.806 bits per heavy atom. The van der Waals surface area contributed by atoms with Gasteiger partial charge in [-0.05, 0) is 36.4 Å². The van der Waals surface area contributed by atoms with Gasteiger partial charge in [-0.25, -0.2) is 8.42 Å². The quantitative estimate of drug-likeness (QED) is 0.420. The second kappa shape index (κ2) is 8.92. The van der Waals surface area contributed by atoms with Gasteiger partial charge in [0.1, 0.15) is 32.2 Å². The van der Waals surface area contributed by atoms with E-state index < -0.39 is 15.6 Å². The molecule has 6 rings (SSSR count). The average molecular weight is 511 g/mol. The number of benzene rings is 2. The first kappa shape index (κ1) is 22.5. The van der Waals surface area contributed by atoms with Gasteiger partial charge >= 0.3 is 0 Å². The van der Waals surface area contributed by atoms with Crippen molar-refractivity contribution < 1.29 is 31.8 Å². The number of hydrogen-bond donors (Lipinski definition) is 1. The Morgan fingerprint density at radius 3 is 2.22 bits per heavy atom. The van der Waals surface area contributed by atoms with E-state index in [1.807, 2.05) is 0 Å². The number of nitrogens with one attached hydrogen (secondary N) is 1. The van der Waals surface area contributed by atoms with Crippen LogP contribution < -0.4 is 24.5 Å². The maximum absolute atomic E-state index is 13.8. The third-order valence-corrected chi connectivity index (χ3v) is 7.78. The van der Waals surface area contributed by atoms with Gasteiger partial charge in [0.25, 0.3) is 5.56 Å². The van der Waals surface area contributed by atoms with Gasteiger partial charge in [0.2, 0.25) is 10.0 Å². The first-order valence-electron chi connectivity index (χ1n) is 11.4. The van der Waals surface area contributed by atoms with Crippen LogP contribution in [0.4, 0.5) is 0 Å². The number of fused-ring (bicyclic) bond motifs is 3. The second-order valence-corrected chi connectivity index (χ2v) is 10.3. The van der Waals surface area contributed by atoms with Crippen molar-refractivity contribution in [3.05, 3.63) is 76.5 Å². The summed E-state index contributed by atoms with van der Waals surface area (Å²) >= 11 is 0. The first-order valence-corrected chi connectivity index (χ1v) is 12.8. The highest BCUT2D eigenvalue weighted by atomic mass is 32.2. The van der Waals surface area contributed by atoms with Gasteiger partial charge < -0.3 is 28.3 Å². The highest BCUT2D eigenvalue weighted by Crippen LogP contribution is 2.35. The molecule has 2 aliphatic heterocycles. The number of hydrogen-bond acceptors (Lipinski definition) is 8. The summed E-state index contributed by atoms with van der Waals surface area (Å²) in [7, 11) is -4.05. The molecule has 2 aliphatic rings. The molecule has 0 saturated heterocycles. The largest absolute Gasteiger partial charge is 0.486 e. The van der Waals surface area contributed by atoms with Crippen LogP contribution in [0, 0.1) is 0 Å². The molecule has 0 spiro atoms. The van der Waals surface area contributed by atoms with Crippen molar-refractivity contribution in [1.29, 1.82) is 0 Å². The van der Waals surface area contributed by atoms with Crippen molar-refractivity contribution >= 4 is 20.9 Å². The Bertz CT molecular complexity index is 1590. The molecule has 0 saturated carbocycles. The predicted octanol–water partition coefficient (Wildman–Crippen LogP) is 3.05. The van der Waals surface area contributed by atoms with Crippen LogP contribution in [0.5, 0.6) is 23.0 Å². The van der Waals surface area contributed by atoms with Crippen LogP contribution in [-0.4, -0.2) is 44.1 Å². The third kappa shape index (κ3) is 4.16. The van der Waals surface area contributed by atoms with Gasteiger partial charge in [-0.1, -0.05) is 0 Å². The van der Waals surface area contributed by atoms with E-state index in [0.29, 0.717) is 66.1 Å². The maximum atomic E-state index is 13.8. The summed E-state index contributed by atoms with van der Waals surface area (Å²) in [5, 5.41) is 0.698. The van der Waals surface area contributed by atoms with E-state index in [0.717, 1.165) is 0 Å². The number of ether oxygens (including phenoxy) is 4. The Labute approximate surface area is 206 Å². The molecule has 10 nitrogen and oxygen atoms in total. The molecule has 0 atom stereocenters. The lowest BCUT2D eigenvalue weighted by molar-refractivity contribution is 0.171. The fraction of sp³-hybridized carbons (Fsp3) is 0.240. The number of nitrogens with zero attached hydrogens (tertiary/aromatic N) is 1. The molecule has 0 amide bonds. The van der Waals surface area contributed by atoms with Gasteiger partial charge in [0.05, 0.1) is 23.2 Å². The lowest BCUT2D eigenvalue weighted by Crippen LogP contribution is -2.32. The van der Waals surface area contributed by atoms with Gasteiger partial charge in [-0.15, -0.1) is 0 Å². The van der Waals surface area contributed by atoms with E-state index in [9.17, 15) is 13.2 Å². The van der Waals surface area contributed by atoms with Crippen LogP contribution >= 0.6 is 0 Å². The number of aromatic nitrogens is 1. The zero-order valence-corrected chi connectivity index (χ0v) is 19.9. The number of H-pyrrole nitrogens is 1. The number of rotatable bonds is 6. The summed E-state index contributed by atoms with van der Waals surface area (Å²) in [5.41, 5.74) is 0.438. The minimum absolute atomic E-state index is 0.0233.